The highest BCUT2D eigenvalue weighted by atomic mass is 35.5. The number of carbonyl (C=O) groups excluding carboxylic acids is 2. The summed E-state index contributed by atoms with van der Waals surface area (Å²) in [6.45, 7) is 0.368. The summed E-state index contributed by atoms with van der Waals surface area (Å²) in [5.74, 6) is -0.710. The minimum atomic E-state index is -1.63. The molecular weight excluding hydrogens is 358 g/mol. The first-order chi connectivity index (χ1) is 13.1. The first-order valence-corrected chi connectivity index (χ1v) is 9.20. The van der Waals surface area contributed by atoms with Gasteiger partial charge in [-0.25, -0.2) is 0 Å². The van der Waals surface area contributed by atoms with Crippen molar-refractivity contribution in [3.05, 3.63) is 102 Å². The van der Waals surface area contributed by atoms with Gasteiger partial charge in [0.1, 0.15) is 0 Å². The van der Waals surface area contributed by atoms with Gasteiger partial charge in [0.25, 0.3) is 5.91 Å². The predicted molar refractivity (Wildman–Crippen MR) is 107 cm³/mol. The summed E-state index contributed by atoms with van der Waals surface area (Å²) in [6, 6.07) is 26.3. The van der Waals surface area contributed by atoms with Crippen LogP contribution in [0.2, 0.25) is 0 Å². The molecular formula is C23H18ClNO2. The number of Topliss-reactive ketones (excluding diaryl/α,β-unsaturated/α-hetero) is 1. The topological polar surface area (TPSA) is 37.4 Å². The number of para-hydroxylation sites is 1. The number of anilines is 1. The lowest BCUT2D eigenvalue weighted by molar-refractivity contribution is -0.120. The molecule has 3 aromatic carbocycles. The smallest absolute Gasteiger partial charge is 0.256 e. The molecule has 1 atom stereocenters. The molecule has 1 unspecified atom stereocenters. The van der Waals surface area contributed by atoms with Crippen LogP contribution in [0.1, 0.15) is 21.5 Å². The van der Waals surface area contributed by atoms with Crippen LogP contribution in [0.25, 0.3) is 0 Å². The Morgan fingerprint density at radius 2 is 1.30 bits per heavy atom. The van der Waals surface area contributed by atoms with Gasteiger partial charge in [0.15, 0.2) is 10.7 Å². The van der Waals surface area contributed by atoms with Gasteiger partial charge in [-0.1, -0.05) is 84.4 Å². The summed E-state index contributed by atoms with van der Waals surface area (Å²) in [4.78, 5) is 26.6. The van der Waals surface area contributed by atoms with Crippen LogP contribution < -0.4 is 4.90 Å². The Labute approximate surface area is 163 Å². The molecule has 3 aromatic rings. The van der Waals surface area contributed by atoms with Crippen molar-refractivity contribution in [2.45, 2.75) is 17.8 Å². The van der Waals surface area contributed by atoms with Crippen LogP contribution in [0.4, 0.5) is 5.69 Å². The van der Waals surface area contributed by atoms with Gasteiger partial charge in [-0.15, -0.1) is 0 Å². The van der Waals surface area contributed by atoms with Gasteiger partial charge in [-0.05, 0) is 23.3 Å². The number of amides is 1. The lowest BCUT2D eigenvalue weighted by atomic mass is 9.84. The highest BCUT2D eigenvalue weighted by molar-refractivity contribution is 6.52. The van der Waals surface area contributed by atoms with Gasteiger partial charge < -0.3 is 4.90 Å². The van der Waals surface area contributed by atoms with E-state index in [4.69, 9.17) is 11.6 Å². The molecule has 0 aliphatic carbocycles. The Balaban J connectivity index is 1.78. The summed E-state index contributed by atoms with van der Waals surface area (Å²) in [7, 11) is 0. The highest BCUT2D eigenvalue weighted by Gasteiger charge is 2.51. The van der Waals surface area contributed by atoms with E-state index in [-0.39, 0.29) is 18.1 Å². The third kappa shape index (κ3) is 3.15. The Morgan fingerprint density at radius 1 is 0.741 bits per heavy atom. The fraction of sp³-hybridized carbons (Fsp3) is 0.130. The SMILES string of the molecule is O=C1c2ccccc2N(Cc2ccccc2)C(=O)C1(Cl)Cc1ccccc1. The highest BCUT2D eigenvalue weighted by Crippen LogP contribution is 2.39. The molecule has 0 saturated heterocycles. The van der Waals surface area contributed by atoms with Crippen LogP contribution in [0.3, 0.4) is 0 Å². The summed E-state index contributed by atoms with van der Waals surface area (Å²) >= 11 is 6.76. The lowest BCUT2D eigenvalue weighted by Gasteiger charge is -2.38. The lowest BCUT2D eigenvalue weighted by Crippen LogP contribution is -2.55. The van der Waals surface area contributed by atoms with E-state index in [2.05, 4.69) is 0 Å². The molecule has 0 fully saturated rings. The Hall–Kier alpha value is -2.91. The minimum Gasteiger partial charge on any atom is -0.305 e. The number of benzene rings is 3. The fourth-order valence-corrected chi connectivity index (χ4v) is 3.85. The van der Waals surface area contributed by atoms with E-state index in [0.717, 1.165) is 11.1 Å². The summed E-state index contributed by atoms with van der Waals surface area (Å²) in [5.41, 5.74) is 2.93. The molecule has 0 N–H and O–H groups in total. The predicted octanol–water partition coefficient (Wildman–Crippen LogP) is 4.64. The van der Waals surface area contributed by atoms with E-state index in [1.54, 1.807) is 23.1 Å². The van der Waals surface area contributed by atoms with Crippen LogP contribution in [-0.4, -0.2) is 16.6 Å². The second-order valence-electron chi connectivity index (χ2n) is 6.69. The standard InChI is InChI=1S/C23H18ClNO2/c24-23(15-17-9-3-1-4-10-17)21(26)19-13-7-8-14-20(19)25(22(23)27)16-18-11-5-2-6-12-18/h1-14H,15-16H2. The van der Waals surface area contributed by atoms with E-state index in [0.29, 0.717) is 17.8 Å². The van der Waals surface area contributed by atoms with E-state index >= 15 is 0 Å². The van der Waals surface area contributed by atoms with Crippen LogP contribution >= 0.6 is 11.6 Å². The van der Waals surface area contributed by atoms with Crippen molar-refractivity contribution in [1.82, 2.24) is 0 Å². The Bertz CT molecular complexity index is 988. The first-order valence-electron chi connectivity index (χ1n) is 8.82. The van der Waals surface area contributed by atoms with Crippen molar-refractivity contribution >= 4 is 29.0 Å². The normalized spacial score (nSPS) is 19.1. The zero-order valence-electron chi connectivity index (χ0n) is 14.6. The number of hydrogen-bond donors (Lipinski definition) is 0. The number of halogens is 1. The number of ketones is 1. The molecule has 1 heterocycles. The van der Waals surface area contributed by atoms with Crippen molar-refractivity contribution in [3.63, 3.8) is 0 Å². The average molecular weight is 376 g/mol. The maximum absolute atomic E-state index is 13.4. The number of alkyl halides is 1. The van der Waals surface area contributed by atoms with Gasteiger partial charge in [0.05, 0.1) is 12.2 Å². The molecule has 0 bridgehead atoms. The number of nitrogens with zero attached hydrogens (tertiary/aromatic N) is 1. The monoisotopic (exact) mass is 375 g/mol. The van der Waals surface area contributed by atoms with Gasteiger partial charge in [-0.3, -0.25) is 9.59 Å². The number of rotatable bonds is 4. The molecule has 4 rings (SSSR count). The molecule has 0 radical (unpaired) electrons. The van der Waals surface area contributed by atoms with E-state index in [1.807, 2.05) is 66.7 Å². The van der Waals surface area contributed by atoms with E-state index in [1.165, 1.54) is 0 Å². The molecule has 0 saturated carbocycles. The van der Waals surface area contributed by atoms with E-state index in [9.17, 15) is 9.59 Å². The fourth-order valence-electron chi connectivity index (χ4n) is 3.49. The van der Waals surface area contributed by atoms with Crippen molar-refractivity contribution in [2.24, 2.45) is 0 Å². The maximum atomic E-state index is 13.4. The number of hydrogen-bond acceptors (Lipinski definition) is 2. The van der Waals surface area contributed by atoms with Crippen LogP contribution in [0.15, 0.2) is 84.9 Å². The Kier molecular flexibility index (Phi) is 4.54. The average Bonchev–Trinajstić information content (AvgIpc) is 2.71. The molecule has 1 amide bonds. The zero-order chi connectivity index (χ0) is 18.9. The third-order valence-corrected chi connectivity index (χ3v) is 5.32. The molecule has 134 valence electrons. The molecule has 1 aliphatic heterocycles. The third-order valence-electron chi connectivity index (χ3n) is 4.86. The maximum Gasteiger partial charge on any atom is 0.256 e. The second-order valence-corrected chi connectivity index (χ2v) is 7.33. The van der Waals surface area contributed by atoms with Crippen molar-refractivity contribution in [2.75, 3.05) is 4.90 Å². The van der Waals surface area contributed by atoms with Gasteiger partial charge in [0, 0.05) is 12.0 Å². The summed E-state index contributed by atoms with van der Waals surface area (Å²) < 4.78 is 0. The molecule has 27 heavy (non-hydrogen) atoms. The van der Waals surface area contributed by atoms with Gasteiger partial charge >= 0.3 is 0 Å². The molecule has 1 aliphatic rings. The van der Waals surface area contributed by atoms with E-state index < -0.39 is 4.87 Å². The molecule has 3 nitrogen and oxygen atoms in total. The van der Waals surface area contributed by atoms with Crippen LogP contribution in [0, 0.1) is 0 Å². The molecule has 0 spiro atoms. The largest absolute Gasteiger partial charge is 0.305 e. The minimum absolute atomic E-state index is 0.159. The summed E-state index contributed by atoms with van der Waals surface area (Å²) in [5, 5.41) is 0. The van der Waals surface area contributed by atoms with Crippen molar-refractivity contribution < 1.29 is 9.59 Å². The quantitative estimate of drug-likeness (QED) is 0.492. The zero-order valence-corrected chi connectivity index (χ0v) is 15.4. The first kappa shape index (κ1) is 17.5. The molecule has 4 heteroatoms. The van der Waals surface area contributed by atoms with Crippen molar-refractivity contribution in [3.8, 4) is 0 Å². The molecule has 0 aromatic heterocycles. The summed E-state index contributed by atoms with van der Waals surface area (Å²) in [6.07, 6.45) is 0.159. The van der Waals surface area contributed by atoms with Crippen LogP contribution in [0.5, 0.6) is 0 Å². The second kappa shape index (κ2) is 7.01. The number of carbonyl (C=O) groups is 2. The van der Waals surface area contributed by atoms with Crippen LogP contribution in [-0.2, 0) is 17.8 Å². The van der Waals surface area contributed by atoms with Gasteiger partial charge in [-0.2, -0.15) is 0 Å². The number of fused-ring (bicyclic) bond motifs is 1. The van der Waals surface area contributed by atoms with Gasteiger partial charge in [0.2, 0.25) is 0 Å². The van der Waals surface area contributed by atoms with Crippen molar-refractivity contribution in [1.29, 1.82) is 0 Å². The Morgan fingerprint density at radius 3 is 1.96 bits per heavy atom.